The highest BCUT2D eigenvalue weighted by atomic mass is 35.5. The second-order valence-corrected chi connectivity index (χ2v) is 5.71. The van der Waals surface area contributed by atoms with Gasteiger partial charge in [-0.05, 0) is 36.9 Å². The molecule has 108 valence electrons. The van der Waals surface area contributed by atoms with Crippen LogP contribution >= 0.6 is 11.6 Å². The topological polar surface area (TPSA) is 21.3 Å². The van der Waals surface area contributed by atoms with Crippen LogP contribution in [0.15, 0.2) is 24.3 Å². The Morgan fingerprint density at radius 3 is 2.47 bits per heavy atom. The minimum absolute atomic E-state index is 0.197. The van der Waals surface area contributed by atoms with Crippen LogP contribution in [0.25, 0.3) is 0 Å². The molecule has 0 radical (unpaired) electrons. The SMILES string of the molecule is CCCNC(Cc1ccccc1Cl)C(OC)C(C)C. The van der Waals surface area contributed by atoms with E-state index in [-0.39, 0.29) is 6.10 Å². The molecule has 1 aromatic carbocycles. The van der Waals surface area contributed by atoms with Crippen molar-refractivity contribution in [2.45, 2.75) is 45.8 Å². The Balaban J connectivity index is 2.82. The van der Waals surface area contributed by atoms with Crippen molar-refractivity contribution in [3.63, 3.8) is 0 Å². The summed E-state index contributed by atoms with van der Waals surface area (Å²) >= 11 is 6.26. The van der Waals surface area contributed by atoms with Crippen molar-refractivity contribution in [2.75, 3.05) is 13.7 Å². The van der Waals surface area contributed by atoms with Gasteiger partial charge in [-0.25, -0.2) is 0 Å². The predicted octanol–water partition coefficient (Wildman–Crippen LogP) is 3.92. The van der Waals surface area contributed by atoms with E-state index in [9.17, 15) is 0 Å². The maximum absolute atomic E-state index is 6.26. The molecule has 2 unspecified atom stereocenters. The van der Waals surface area contributed by atoms with Gasteiger partial charge in [-0.15, -0.1) is 0 Å². The van der Waals surface area contributed by atoms with Gasteiger partial charge in [-0.1, -0.05) is 50.6 Å². The first-order valence-corrected chi connectivity index (χ1v) is 7.47. The Hall–Kier alpha value is -0.570. The van der Waals surface area contributed by atoms with Crippen molar-refractivity contribution in [3.8, 4) is 0 Å². The molecule has 0 amide bonds. The van der Waals surface area contributed by atoms with Gasteiger partial charge < -0.3 is 10.1 Å². The van der Waals surface area contributed by atoms with Crippen LogP contribution in [-0.2, 0) is 11.2 Å². The molecule has 3 heteroatoms. The van der Waals surface area contributed by atoms with Crippen LogP contribution in [-0.4, -0.2) is 25.8 Å². The minimum Gasteiger partial charge on any atom is -0.380 e. The summed E-state index contributed by atoms with van der Waals surface area (Å²) in [6.07, 6.45) is 2.21. The molecule has 2 atom stereocenters. The highest BCUT2D eigenvalue weighted by Gasteiger charge is 2.24. The Morgan fingerprint density at radius 2 is 1.95 bits per heavy atom. The van der Waals surface area contributed by atoms with E-state index in [1.807, 2.05) is 18.2 Å². The summed E-state index contributed by atoms with van der Waals surface area (Å²) in [6.45, 7) is 7.57. The lowest BCUT2D eigenvalue weighted by molar-refractivity contribution is 0.0333. The minimum atomic E-state index is 0.197. The van der Waals surface area contributed by atoms with Crippen molar-refractivity contribution in [1.29, 1.82) is 0 Å². The monoisotopic (exact) mass is 283 g/mol. The lowest BCUT2D eigenvalue weighted by atomic mass is 9.93. The molecule has 0 saturated carbocycles. The number of methoxy groups -OCH3 is 1. The van der Waals surface area contributed by atoms with Gasteiger partial charge in [0.1, 0.15) is 0 Å². The van der Waals surface area contributed by atoms with Crippen LogP contribution < -0.4 is 5.32 Å². The normalized spacial score (nSPS) is 14.6. The second-order valence-electron chi connectivity index (χ2n) is 5.30. The molecule has 2 nitrogen and oxygen atoms in total. The van der Waals surface area contributed by atoms with Crippen LogP contribution in [0.2, 0.25) is 5.02 Å². The summed E-state index contributed by atoms with van der Waals surface area (Å²) in [5.74, 6) is 0.474. The van der Waals surface area contributed by atoms with E-state index in [0.717, 1.165) is 24.4 Å². The number of halogens is 1. The number of benzene rings is 1. The van der Waals surface area contributed by atoms with Crippen LogP contribution in [0.4, 0.5) is 0 Å². The van der Waals surface area contributed by atoms with E-state index in [4.69, 9.17) is 16.3 Å². The summed E-state index contributed by atoms with van der Waals surface area (Å²) < 4.78 is 5.68. The average molecular weight is 284 g/mol. The second kappa shape index (κ2) is 8.57. The van der Waals surface area contributed by atoms with Gasteiger partial charge in [0.15, 0.2) is 0 Å². The van der Waals surface area contributed by atoms with E-state index in [1.54, 1.807) is 7.11 Å². The summed E-state index contributed by atoms with van der Waals surface area (Å²) in [5, 5.41) is 4.43. The fourth-order valence-corrected chi connectivity index (χ4v) is 2.65. The molecule has 0 heterocycles. The molecule has 0 aromatic heterocycles. The molecule has 0 aliphatic rings. The zero-order chi connectivity index (χ0) is 14.3. The average Bonchev–Trinajstić information content (AvgIpc) is 2.38. The largest absolute Gasteiger partial charge is 0.380 e. The van der Waals surface area contributed by atoms with E-state index in [2.05, 4.69) is 32.2 Å². The van der Waals surface area contributed by atoms with Crippen molar-refractivity contribution in [1.82, 2.24) is 5.32 Å². The predicted molar refractivity (Wildman–Crippen MR) is 82.9 cm³/mol. The zero-order valence-electron chi connectivity index (χ0n) is 12.4. The molecule has 0 bridgehead atoms. The van der Waals surface area contributed by atoms with E-state index in [0.29, 0.717) is 12.0 Å². The fourth-order valence-electron chi connectivity index (χ4n) is 2.44. The molecule has 0 spiro atoms. The van der Waals surface area contributed by atoms with E-state index < -0.39 is 0 Å². The third-order valence-electron chi connectivity index (χ3n) is 3.38. The van der Waals surface area contributed by atoms with E-state index in [1.165, 1.54) is 5.56 Å². The quantitative estimate of drug-likeness (QED) is 0.781. The van der Waals surface area contributed by atoms with Crippen LogP contribution in [0.5, 0.6) is 0 Å². The molecular formula is C16H26ClNO. The van der Waals surface area contributed by atoms with Gasteiger partial charge >= 0.3 is 0 Å². The van der Waals surface area contributed by atoms with Gasteiger partial charge in [-0.3, -0.25) is 0 Å². The highest BCUT2D eigenvalue weighted by molar-refractivity contribution is 6.31. The van der Waals surface area contributed by atoms with Gasteiger partial charge in [0.2, 0.25) is 0 Å². The van der Waals surface area contributed by atoms with Crippen molar-refractivity contribution >= 4 is 11.6 Å². The van der Waals surface area contributed by atoms with Crippen LogP contribution in [0.3, 0.4) is 0 Å². The van der Waals surface area contributed by atoms with Gasteiger partial charge in [0, 0.05) is 18.2 Å². The van der Waals surface area contributed by atoms with Gasteiger partial charge in [-0.2, -0.15) is 0 Å². The molecule has 0 fully saturated rings. The molecule has 1 aromatic rings. The van der Waals surface area contributed by atoms with Crippen LogP contribution in [0, 0.1) is 5.92 Å². The Labute approximate surface area is 122 Å². The summed E-state index contributed by atoms with van der Waals surface area (Å²) in [6, 6.07) is 8.34. The number of rotatable bonds is 8. The highest BCUT2D eigenvalue weighted by Crippen LogP contribution is 2.20. The Kier molecular flexibility index (Phi) is 7.44. The molecule has 0 aliphatic carbocycles. The molecule has 1 N–H and O–H groups in total. The Bertz CT molecular complexity index is 368. The number of hydrogen-bond acceptors (Lipinski definition) is 2. The number of ether oxygens (including phenoxy) is 1. The Morgan fingerprint density at radius 1 is 1.26 bits per heavy atom. The van der Waals surface area contributed by atoms with Crippen LogP contribution in [0.1, 0.15) is 32.8 Å². The lowest BCUT2D eigenvalue weighted by Gasteiger charge is -2.30. The first-order chi connectivity index (χ1) is 9.10. The maximum atomic E-state index is 6.26. The van der Waals surface area contributed by atoms with Crippen molar-refractivity contribution in [3.05, 3.63) is 34.9 Å². The van der Waals surface area contributed by atoms with Gasteiger partial charge in [0.05, 0.1) is 6.10 Å². The summed E-state index contributed by atoms with van der Waals surface area (Å²) in [4.78, 5) is 0. The van der Waals surface area contributed by atoms with Crippen molar-refractivity contribution < 1.29 is 4.74 Å². The lowest BCUT2D eigenvalue weighted by Crippen LogP contribution is -2.45. The first kappa shape index (κ1) is 16.5. The maximum Gasteiger partial charge on any atom is 0.0750 e. The van der Waals surface area contributed by atoms with E-state index >= 15 is 0 Å². The third-order valence-corrected chi connectivity index (χ3v) is 3.75. The third kappa shape index (κ3) is 5.13. The number of hydrogen-bond donors (Lipinski definition) is 1. The first-order valence-electron chi connectivity index (χ1n) is 7.09. The summed E-state index contributed by atoms with van der Waals surface area (Å²) in [5.41, 5.74) is 1.18. The molecule has 0 saturated heterocycles. The smallest absolute Gasteiger partial charge is 0.0750 e. The molecular weight excluding hydrogens is 258 g/mol. The number of nitrogens with one attached hydrogen (secondary N) is 1. The zero-order valence-corrected chi connectivity index (χ0v) is 13.2. The molecule has 1 rings (SSSR count). The van der Waals surface area contributed by atoms with Crippen molar-refractivity contribution in [2.24, 2.45) is 5.92 Å². The van der Waals surface area contributed by atoms with Gasteiger partial charge in [0.25, 0.3) is 0 Å². The molecule has 19 heavy (non-hydrogen) atoms. The fraction of sp³-hybridized carbons (Fsp3) is 0.625. The summed E-state index contributed by atoms with van der Waals surface area (Å²) in [7, 11) is 1.79. The standard InChI is InChI=1S/C16H26ClNO/c1-5-10-18-15(16(19-4)12(2)3)11-13-8-6-7-9-14(13)17/h6-9,12,15-16,18H,5,10-11H2,1-4H3. The molecule has 0 aliphatic heterocycles.